The number of carbonyl (C=O) groups excluding carboxylic acids is 2. The van der Waals surface area contributed by atoms with Crippen LogP contribution in [0.25, 0.3) is 16.9 Å². The second kappa shape index (κ2) is 8.20. The largest absolute Gasteiger partial charge is 0.335 e. The number of aromatic nitrogens is 5. The van der Waals surface area contributed by atoms with Gasteiger partial charge in [-0.1, -0.05) is 24.3 Å². The summed E-state index contributed by atoms with van der Waals surface area (Å²) in [6.07, 6.45) is 5.73. The van der Waals surface area contributed by atoms with Gasteiger partial charge >= 0.3 is 5.69 Å². The molecular weight excluding hydrogens is 482 g/mol. The number of rotatable bonds is 4. The van der Waals surface area contributed by atoms with E-state index in [1.165, 1.54) is 15.5 Å². The number of fused-ring (bicyclic) bond motifs is 4. The Morgan fingerprint density at radius 3 is 2.63 bits per heavy atom. The van der Waals surface area contributed by atoms with Crippen LogP contribution in [-0.4, -0.2) is 35.9 Å². The van der Waals surface area contributed by atoms with Crippen molar-refractivity contribution in [3.05, 3.63) is 107 Å². The van der Waals surface area contributed by atoms with Crippen molar-refractivity contribution in [1.82, 2.24) is 24.1 Å². The van der Waals surface area contributed by atoms with Gasteiger partial charge in [-0.2, -0.15) is 0 Å². The summed E-state index contributed by atoms with van der Waals surface area (Å²) < 4.78 is 2.90. The zero-order chi connectivity index (χ0) is 25.9. The first-order valence-corrected chi connectivity index (χ1v) is 12.2. The van der Waals surface area contributed by atoms with Crippen molar-refractivity contribution >= 4 is 34.4 Å². The highest BCUT2D eigenvalue weighted by molar-refractivity contribution is 6.06. The van der Waals surface area contributed by atoms with E-state index in [4.69, 9.17) is 0 Å². The van der Waals surface area contributed by atoms with Crippen molar-refractivity contribution < 1.29 is 9.59 Å². The first kappa shape index (κ1) is 22.1. The first-order valence-electron chi connectivity index (χ1n) is 12.2. The van der Waals surface area contributed by atoms with Crippen molar-refractivity contribution in [3.63, 3.8) is 0 Å². The highest BCUT2D eigenvalue weighted by Crippen LogP contribution is 2.46. The van der Waals surface area contributed by atoms with Gasteiger partial charge in [-0.05, 0) is 60.4 Å². The molecule has 2 N–H and O–H groups in total. The van der Waals surface area contributed by atoms with Crippen LogP contribution in [0.1, 0.15) is 16.7 Å². The number of nitrogens with one attached hydrogen (secondary N) is 2. The van der Waals surface area contributed by atoms with Gasteiger partial charge in [0.2, 0.25) is 11.8 Å². The molecule has 2 amide bonds. The molecule has 5 aromatic rings. The number of benzene rings is 2. The zero-order valence-corrected chi connectivity index (χ0v) is 20.1. The molecule has 0 fully saturated rings. The van der Waals surface area contributed by atoms with Crippen LogP contribution < -0.4 is 16.3 Å². The standard InChI is InChI=1S/C28H21N7O3/c36-24(15-34-21-5-1-2-6-22(21)35(27(34)38)23-9-11-29-16-31-23)32-19-8-7-17-13-28(14-18(17)12-19)20-4-3-10-30-25(20)33-26(28)37/h1-12,16H,13-15H2,(H,32,36)(H,30,33,37). The van der Waals surface area contributed by atoms with E-state index in [0.29, 0.717) is 41.2 Å². The number of imidazole rings is 1. The van der Waals surface area contributed by atoms with Crippen LogP contribution in [0.2, 0.25) is 0 Å². The Labute approximate surface area is 216 Å². The molecule has 2 aliphatic rings. The van der Waals surface area contributed by atoms with Crippen LogP contribution in [0.15, 0.2) is 84.2 Å². The number of pyridine rings is 1. The smallest absolute Gasteiger partial charge is 0.325 e. The Kier molecular flexibility index (Phi) is 4.77. The zero-order valence-electron chi connectivity index (χ0n) is 20.1. The maximum atomic E-state index is 13.3. The fourth-order valence-electron chi connectivity index (χ4n) is 5.69. The van der Waals surface area contributed by atoms with E-state index in [1.54, 1.807) is 24.5 Å². The maximum absolute atomic E-state index is 13.3. The Bertz CT molecular complexity index is 1830. The summed E-state index contributed by atoms with van der Waals surface area (Å²) in [4.78, 5) is 51.9. The van der Waals surface area contributed by atoms with Gasteiger partial charge in [-0.3, -0.25) is 14.2 Å². The molecule has 1 atom stereocenters. The van der Waals surface area contributed by atoms with E-state index in [0.717, 1.165) is 16.7 Å². The summed E-state index contributed by atoms with van der Waals surface area (Å²) in [5, 5.41) is 5.83. The quantitative estimate of drug-likeness (QED) is 0.389. The summed E-state index contributed by atoms with van der Waals surface area (Å²) in [7, 11) is 0. The summed E-state index contributed by atoms with van der Waals surface area (Å²) >= 11 is 0. The van der Waals surface area contributed by atoms with E-state index in [2.05, 4.69) is 25.6 Å². The SMILES string of the molecule is O=C(Cn1c(=O)n(-c2ccncn2)c2ccccc21)Nc1ccc2c(c1)CC1(C2)C(=O)Nc2ncccc21. The number of para-hydroxylation sites is 2. The third-order valence-electron chi connectivity index (χ3n) is 7.40. The van der Waals surface area contributed by atoms with Gasteiger partial charge in [0.1, 0.15) is 24.5 Å². The lowest BCUT2D eigenvalue weighted by molar-refractivity contribution is -0.120. The highest BCUT2D eigenvalue weighted by Gasteiger charge is 2.51. The number of hydrogen-bond acceptors (Lipinski definition) is 6. The summed E-state index contributed by atoms with van der Waals surface area (Å²) in [5.41, 5.74) is 3.83. The number of amides is 2. The van der Waals surface area contributed by atoms with Gasteiger partial charge in [0, 0.05) is 23.6 Å². The predicted octanol–water partition coefficient (Wildman–Crippen LogP) is 2.60. The lowest BCUT2D eigenvalue weighted by Crippen LogP contribution is -2.35. The molecule has 186 valence electrons. The van der Waals surface area contributed by atoms with Gasteiger partial charge in [-0.25, -0.2) is 24.3 Å². The Balaban J connectivity index is 1.16. The molecule has 1 aliphatic heterocycles. The molecule has 38 heavy (non-hydrogen) atoms. The average molecular weight is 504 g/mol. The van der Waals surface area contributed by atoms with Crippen LogP contribution in [0.4, 0.5) is 11.5 Å². The lowest BCUT2D eigenvalue weighted by atomic mass is 9.79. The molecule has 0 bridgehead atoms. The monoisotopic (exact) mass is 503 g/mol. The third kappa shape index (κ3) is 3.27. The summed E-state index contributed by atoms with van der Waals surface area (Å²) in [6, 6.07) is 18.4. The van der Waals surface area contributed by atoms with Gasteiger partial charge in [0.15, 0.2) is 0 Å². The normalized spacial score (nSPS) is 17.4. The average Bonchev–Trinajstić information content (AvgIpc) is 3.54. The number of carbonyl (C=O) groups is 2. The molecule has 1 unspecified atom stereocenters. The van der Waals surface area contributed by atoms with E-state index in [1.807, 2.05) is 48.5 Å². The van der Waals surface area contributed by atoms with Crippen LogP contribution in [0.3, 0.4) is 0 Å². The highest BCUT2D eigenvalue weighted by atomic mass is 16.2. The van der Waals surface area contributed by atoms with Crippen LogP contribution in [0.5, 0.6) is 0 Å². The third-order valence-corrected chi connectivity index (χ3v) is 7.40. The minimum absolute atomic E-state index is 0.0487. The molecule has 10 heteroatoms. The Morgan fingerprint density at radius 2 is 1.79 bits per heavy atom. The summed E-state index contributed by atoms with van der Waals surface area (Å²) in [6.45, 7) is -0.167. The molecular formula is C28H21N7O3. The van der Waals surface area contributed by atoms with Crippen molar-refractivity contribution in [2.45, 2.75) is 24.8 Å². The van der Waals surface area contributed by atoms with E-state index >= 15 is 0 Å². The second-order valence-corrected chi connectivity index (χ2v) is 9.58. The van der Waals surface area contributed by atoms with Crippen molar-refractivity contribution in [2.24, 2.45) is 0 Å². The van der Waals surface area contributed by atoms with Crippen molar-refractivity contribution in [2.75, 3.05) is 10.6 Å². The molecule has 2 aromatic carbocycles. The first-order chi connectivity index (χ1) is 18.5. The van der Waals surface area contributed by atoms with E-state index < -0.39 is 5.41 Å². The number of hydrogen-bond donors (Lipinski definition) is 2. The van der Waals surface area contributed by atoms with Crippen LogP contribution in [-0.2, 0) is 34.4 Å². The number of nitrogens with zero attached hydrogens (tertiary/aromatic N) is 5. The maximum Gasteiger partial charge on any atom is 0.335 e. The number of anilines is 2. The molecule has 4 heterocycles. The van der Waals surface area contributed by atoms with Gasteiger partial charge < -0.3 is 10.6 Å². The predicted molar refractivity (Wildman–Crippen MR) is 140 cm³/mol. The van der Waals surface area contributed by atoms with Gasteiger partial charge in [-0.15, -0.1) is 0 Å². The fourth-order valence-corrected chi connectivity index (χ4v) is 5.69. The molecule has 7 rings (SSSR count). The van der Waals surface area contributed by atoms with Crippen molar-refractivity contribution in [1.29, 1.82) is 0 Å². The minimum atomic E-state index is -0.676. The Morgan fingerprint density at radius 1 is 0.947 bits per heavy atom. The molecule has 0 saturated heterocycles. The molecule has 1 spiro atoms. The van der Waals surface area contributed by atoms with E-state index in [9.17, 15) is 14.4 Å². The van der Waals surface area contributed by atoms with Crippen molar-refractivity contribution in [3.8, 4) is 5.82 Å². The van der Waals surface area contributed by atoms with Gasteiger partial charge in [0.25, 0.3) is 0 Å². The second-order valence-electron chi connectivity index (χ2n) is 9.58. The van der Waals surface area contributed by atoms with Crippen LogP contribution >= 0.6 is 0 Å². The molecule has 3 aromatic heterocycles. The minimum Gasteiger partial charge on any atom is -0.325 e. The summed E-state index contributed by atoms with van der Waals surface area (Å²) in [5.74, 6) is 0.664. The Hall–Kier alpha value is -5.12. The van der Waals surface area contributed by atoms with Gasteiger partial charge in [0.05, 0.1) is 16.4 Å². The molecule has 10 nitrogen and oxygen atoms in total. The van der Waals surface area contributed by atoms with E-state index in [-0.39, 0.29) is 24.0 Å². The lowest BCUT2D eigenvalue weighted by Gasteiger charge is -2.20. The molecule has 0 saturated carbocycles. The molecule has 0 radical (unpaired) electrons. The molecule has 1 aliphatic carbocycles. The van der Waals surface area contributed by atoms with Crippen LogP contribution in [0, 0.1) is 0 Å². The fraction of sp³-hybridized carbons (Fsp3) is 0.143. The topological polar surface area (TPSA) is 124 Å².